The average Bonchev–Trinajstić information content (AvgIpc) is 3.61. The van der Waals surface area contributed by atoms with Crippen molar-refractivity contribution in [2.45, 2.75) is 91.0 Å². The maximum Gasteiger partial charge on any atom is 0.339 e. The van der Waals surface area contributed by atoms with Crippen LogP contribution in [0.4, 0.5) is 0 Å². The molecule has 3 heterocycles. The van der Waals surface area contributed by atoms with E-state index in [2.05, 4.69) is 78.6 Å². The lowest BCUT2D eigenvalue weighted by Gasteiger charge is -2.49. The summed E-state index contributed by atoms with van der Waals surface area (Å²) >= 11 is 0. The molecule has 0 N–H and O–H groups in total. The van der Waals surface area contributed by atoms with Gasteiger partial charge in [-0.3, -0.25) is 0 Å². The summed E-state index contributed by atoms with van der Waals surface area (Å²) in [6.45, 7) is 12.6. The van der Waals surface area contributed by atoms with Crippen LogP contribution in [-0.2, 0) is 30.0 Å². The van der Waals surface area contributed by atoms with Gasteiger partial charge in [0.2, 0.25) is 0 Å². The fraction of sp³-hybridized carbons (Fsp3) is 0.357. The van der Waals surface area contributed by atoms with Gasteiger partial charge in [0.25, 0.3) is 0 Å². The molecule has 8 heteroatoms. The third kappa shape index (κ3) is 6.11. The van der Waals surface area contributed by atoms with E-state index in [1.807, 2.05) is 64.1 Å². The summed E-state index contributed by atoms with van der Waals surface area (Å²) in [4.78, 5) is 23.7. The highest BCUT2D eigenvalue weighted by Crippen LogP contribution is 2.39. The van der Waals surface area contributed by atoms with E-state index in [0.29, 0.717) is 24.9 Å². The second kappa shape index (κ2) is 12.8. The van der Waals surface area contributed by atoms with Crippen LogP contribution in [0.5, 0.6) is 0 Å². The van der Waals surface area contributed by atoms with E-state index in [4.69, 9.17) is 14.7 Å². The van der Waals surface area contributed by atoms with Crippen molar-refractivity contribution in [2.24, 2.45) is 7.05 Å². The quantitative estimate of drug-likeness (QED) is 0.151. The molecule has 0 unspecified atom stereocenters. The minimum Gasteiger partial charge on any atom is -0.459 e. The lowest BCUT2D eigenvalue weighted by Crippen LogP contribution is -2.60. The summed E-state index contributed by atoms with van der Waals surface area (Å²) in [6.07, 6.45) is 2.52. The van der Waals surface area contributed by atoms with Crippen molar-refractivity contribution < 1.29 is 14.7 Å². The van der Waals surface area contributed by atoms with Crippen molar-refractivity contribution in [1.29, 1.82) is 0 Å². The second-order valence-corrected chi connectivity index (χ2v) is 15.1. The molecular weight excluding hydrogens is 622 g/mol. The minimum atomic E-state index is -0.618. The molecule has 1 fully saturated rings. The Balaban J connectivity index is 1.18. The predicted octanol–water partition coefficient (Wildman–Crippen LogP) is 9.09. The Hall–Kier alpha value is -4.79. The van der Waals surface area contributed by atoms with Gasteiger partial charge in [-0.25, -0.2) is 14.8 Å². The number of carbonyl (C=O) groups excluding carboxylic acids is 1. The highest BCUT2D eigenvalue weighted by molar-refractivity contribution is 5.97. The first-order valence-electron chi connectivity index (χ1n) is 17.6. The van der Waals surface area contributed by atoms with Gasteiger partial charge in [-0.15, -0.1) is 10.3 Å². The van der Waals surface area contributed by atoms with E-state index in [1.54, 1.807) is 0 Å². The highest BCUT2D eigenvalue weighted by Gasteiger charge is 2.47. The summed E-state index contributed by atoms with van der Waals surface area (Å²) < 4.78 is 10.6. The normalized spacial score (nSPS) is 16.3. The molecule has 1 saturated heterocycles. The maximum absolute atomic E-state index is 13.6. The molecule has 0 atom stereocenters. The lowest BCUT2D eigenvalue weighted by atomic mass is 9.80. The zero-order valence-electron chi connectivity index (χ0n) is 30.2. The van der Waals surface area contributed by atoms with Gasteiger partial charge in [-0.1, -0.05) is 61.5 Å². The van der Waals surface area contributed by atoms with Crippen LogP contribution < -0.4 is 0 Å². The third-order valence-corrected chi connectivity index (χ3v) is 10.2. The zero-order chi connectivity index (χ0) is 35.4. The zero-order valence-corrected chi connectivity index (χ0v) is 30.2. The molecule has 0 bridgehead atoms. The van der Waals surface area contributed by atoms with Crippen LogP contribution >= 0.6 is 0 Å². The van der Waals surface area contributed by atoms with E-state index in [1.165, 1.54) is 0 Å². The lowest BCUT2D eigenvalue weighted by molar-refractivity contribution is -0.298. The average molecular weight is 669 g/mol. The SMILES string of the molecule is CCCc1nc2c(C)cc(-c3nc4ccccc4n3C)cc2n1Cc1ccc(-c2ccccc2C(=O)OC2CC(C)(C)N([O])C(C)(C)C2)cc1. The van der Waals surface area contributed by atoms with Crippen LogP contribution in [0.15, 0.2) is 84.9 Å². The Labute approximate surface area is 294 Å². The Kier molecular flexibility index (Phi) is 8.65. The summed E-state index contributed by atoms with van der Waals surface area (Å²) in [6, 6.07) is 28.7. The number of benzene rings is 4. The topological polar surface area (TPSA) is 85.1 Å². The molecule has 8 nitrogen and oxygen atoms in total. The van der Waals surface area contributed by atoms with Gasteiger partial charge < -0.3 is 13.9 Å². The van der Waals surface area contributed by atoms with E-state index >= 15 is 0 Å². The van der Waals surface area contributed by atoms with E-state index in [-0.39, 0.29) is 12.1 Å². The molecule has 0 aliphatic carbocycles. The summed E-state index contributed by atoms with van der Waals surface area (Å²) in [5.74, 6) is 1.64. The number of piperidine rings is 1. The van der Waals surface area contributed by atoms with Crippen molar-refractivity contribution in [1.82, 2.24) is 24.2 Å². The van der Waals surface area contributed by atoms with Crippen molar-refractivity contribution in [3.8, 4) is 22.5 Å². The fourth-order valence-corrected chi connectivity index (χ4v) is 7.92. The summed E-state index contributed by atoms with van der Waals surface area (Å²) in [5.41, 5.74) is 8.61. The van der Waals surface area contributed by atoms with Crippen molar-refractivity contribution in [2.75, 3.05) is 0 Å². The molecule has 1 aliphatic heterocycles. The molecule has 50 heavy (non-hydrogen) atoms. The number of fused-ring (bicyclic) bond motifs is 2. The van der Waals surface area contributed by atoms with Gasteiger partial charge in [0.15, 0.2) is 0 Å². The molecule has 1 aliphatic rings. The number of esters is 1. The number of nitrogens with zero attached hydrogens (tertiary/aromatic N) is 5. The first-order chi connectivity index (χ1) is 23.9. The summed E-state index contributed by atoms with van der Waals surface area (Å²) in [5, 5.41) is 14.0. The van der Waals surface area contributed by atoms with Crippen LogP contribution in [0.25, 0.3) is 44.6 Å². The second-order valence-electron chi connectivity index (χ2n) is 15.1. The van der Waals surface area contributed by atoms with Gasteiger partial charge >= 0.3 is 5.97 Å². The Morgan fingerprint density at radius 1 is 0.860 bits per heavy atom. The van der Waals surface area contributed by atoms with E-state index < -0.39 is 11.1 Å². The molecule has 0 saturated carbocycles. The number of hydrogen-bond acceptors (Lipinski definition) is 5. The minimum absolute atomic E-state index is 0.337. The monoisotopic (exact) mass is 668 g/mol. The number of aryl methyl sites for hydroxylation is 3. The maximum atomic E-state index is 13.6. The Morgan fingerprint density at radius 2 is 1.54 bits per heavy atom. The van der Waals surface area contributed by atoms with Gasteiger partial charge in [-0.05, 0) is 93.6 Å². The van der Waals surface area contributed by atoms with Crippen LogP contribution in [0.3, 0.4) is 0 Å². The van der Waals surface area contributed by atoms with Gasteiger partial charge in [0.1, 0.15) is 17.8 Å². The van der Waals surface area contributed by atoms with E-state index in [0.717, 1.165) is 79.4 Å². The molecule has 257 valence electrons. The van der Waals surface area contributed by atoms with Crippen molar-refractivity contribution in [3.63, 3.8) is 0 Å². The molecule has 0 spiro atoms. The molecule has 6 aromatic rings. The number of hydrogen-bond donors (Lipinski definition) is 0. The molecule has 0 amide bonds. The van der Waals surface area contributed by atoms with Gasteiger partial charge in [-0.2, -0.15) is 0 Å². The van der Waals surface area contributed by atoms with Crippen molar-refractivity contribution >= 4 is 28.0 Å². The number of ether oxygens (including phenoxy) is 1. The van der Waals surface area contributed by atoms with Crippen molar-refractivity contribution in [3.05, 3.63) is 107 Å². The smallest absolute Gasteiger partial charge is 0.339 e. The van der Waals surface area contributed by atoms with Crippen LogP contribution in [0.1, 0.15) is 81.2 Å². The van der Waals surface area contributed by atoms with Gasteiger partial charge in [0.05, 0.1) is 27.6 Å². The van der Waals surface area contributed by atoms with Crippen LogP contribution in [-0.4, -0.2) is 47.3 Å². The number of hydroxylamine groups is 2. The number of imidazole rings is 2. The number of para-hydroxylation sites is 2. The molecule has 7 rings (SSSR count). The Morgan fingerprint density at radius 3 is 2.24 bits per heavy atom. The molecular formula is C42H46N5O3. The predicted molar refractivity (Wildman–Crippen MR) is 198 cm³/mol. The van der Waals surface area contributed by atoms with E-state index in [9.17, 15) is 10.0 Å². The highest BCUT2D eigenvalue weighted by atomic mass is 16.5. The fourth-order valence-electron chi connectivity index (χ4n) is 7.92. The first-order valence-corrected chi connectivity index (χ1v) is 17.6. The largest absolute Gasteiger partial charge is 0.459 e. The Bertz CT molecular complexity index is 2190. The van der Waals surface area contributed by atoms with Crippen LogP contribution in [0.2, 0.25) is 0 Å². The molecule has 1 radical (unpaired) electrons. The molecule has 4 aromatic carbocycles. The summed E-state index contributed by atoms with van der Waals surface area (Å²) in [7, 11) is 2.07. The number of rotatable bonds is 8. The number of aromatic nitrogens is 4. The standard InChI is InChI=1S/C42H46N5O3/c1-8-13-37-44-38-27(2)22-30(39-43-34-16-11-12-17-35(34)45(39)7)23-36(38)46(37)26-28-18-20-29(21-19-28)32-14-9-10-15-33(32)40(48)50-31-24-41(3,4)47(49)42(5,6)25-31/h9-12,14-23,31H,8,13,24-26H2,1-7H3. The van der Waals surface area contributed by atoms with Crippen LogP contribution in [0, 0.1) is 6.92 Å². The number of carbonyl (C=O) groups is 1. The third-order valence-electron chi connectivity index (χ3n) is 10.2. The molecule has 2 aromatic heterocycles. The first kappa shape index (κ1) is 33.7. The van der Waals surface area contributed by atoms with Gasteiger partial charge in [0, 0.05) is 49.5 Å².